The molecule has 1 heterocycles. The van der Waals surface area contributed by atoms with E-state index in [2.05, 4.69) is 19.6 Å². The van der Waals surface area contributed by atoms with Crippen LogP contribution in [0.1, 0.15) is 39.5 Å². The summed E-state index contributed by atoms with van der Waals surface area (Å²) in [6.45, 7) is 10.3. The zero-order valence-electron chi connectivity index (χ0n) is 16.7. The summed E-state index contributed by atoms with van der Waals surface area (Å²) in [6, 6.07) is 0.461. The maximum atomic E-state index is 15.1. The summed E-state index contributed by atoms with van der Waals surface area (Å²) in [5, 5.41) is 9.60. The number of nitrogens with zero attached hydrogens (tertiary/aromatic N) is 2. The van der Waals surface area contributed by atoms with E-state index < -0.39 is 31.4 Å². The summed E-state index contributed by atoms with van der Waals surface area (Å²) in [7, 11) is -1.25. The minimum Gasteiger partial charge on any atom is -0.393 e. The van der Waals surface area contributed by atoms with Crippen LogP contribution < -0.4 is 0 Å². The molecule has 26 heavy (non-hydrogen) atoms. The highest BCUT2D eigenvalue weighted by molar-refractivity contribution is 6.76. The van der Waals surface area contributed by atoms with E-state index in [4.69, 9.17) is 4.74 Å². The first kappa shape index (κ1) is 21.3. The molecule has 1 saturated heterocycles. The second-order valence-corrected chi connectivity index (χ2v) is 15.0. The maximum absolute atomic E-state index is 15.1. The predicted molar refractivity (Wildman–Crippen MR) is 100 cm³/mol. The molecule has 1 aliphatic carbocycles. The molecule has 0 unspecified atom stereocenters. The van der Waals surface area contributed by atoms with Crippen molar-refractivity contribution in [3.05, 3.63) is 0 Å². The lowest BCUT2D eigenvalue weighted by Gasteiger charge is -2.38. The quantitative estimate of drug-likeness (QED) is 0.413. The van der Waals surface area contributed by atoms with Gasteiger partial charge in [-0.3, -0.25) is 4.79 Å². The van der Waals surface area contributed by atoms with Crippen LogP contribution in [-0.4, -0.2) is 72.1 Å². The third kappa shape index (κ3) is 4.83. The monoisotopic (exact) mass is 388 g/mol. The molecular formula is C18H33FN2O4Si. The van der Waals surface area contributed by atoms with Gasteiger partial charge in [0.05, 0.1) is 12.6 Å². The number of aliphatic hydroxyl groups excluding tert-OH is 1. The maximum Gasteiger partial charge on any atom is 0.329 e. The summed E-state index contributed by atoms with van der Waals surface area (Å²) in [6.07, 6.45) is 0.704. The molecule has 2 fully saturated rings. The number of hydrogen-bond donors (Lipinski definition) is 1. The number of ether oxygens (including phenoxy) is 1. The van der Waals surface area contributed by atoms with E-state index in [1.807, 2.05) is 0 Å². The minimum absolute atomic E-state index is 0.0833. The van der Waals surface area contributed by atoms with Crippen LogP contribution >= 0.6 is 0 Å². The Kier molecular flexibility index (Phi) is 6.19. The number of amides is 3. The highest BCUT2D eigenvalue weighted by atomic mass is 28.3. The van der Waals surface area contributed by atoms with Crippen molar-refractivity contribution >= 4 is 20.0 Å². The lowest BCUT2D eigenvalue weighted by molar-refractivity contribution is -0.135. The van der Waals surface area contributed by atoms with Gasteiger partial charge in [0.1, 0.15) is 17.9 Å². The van der Waals surface area contributed by atoms with Crippen molar-refractivity contribution in [3.8, 4) is 0 Å². The van der Waals surface area contributed by atoms with Crippen LogP contribution in [0.5, 0.6) is 0 Å². The molecule has 0 aromatic heterocycles. The number of hydrogen-bond acceptors (Lipinski definition) is 4. The van der Waals surface area contributed by atoms with Crippen molar-refractivity contribution < 1.29 is 23.8 Å². The normalized spacial score (nSPS) is 29.6. The van der Waals surface area contributed by atoms with Gasteiger partial charge in [0.25, 0.3) is 5.91 Å². The number of aliphatic hydroxyl groups is 1. The first-order chi connectivity index (χ1) is 11.9. The average Bonchev–Trinajstić information content (AvgIpc) is 2.67. The molecule has 1 N–H and O–H groups in total. The summed E-state index contributed by atoms with van der Waals surface area (Å²) in [4.78, 5) is 27.8. The Hall–Kier alpha value is -0.993. The highest BCUT2D eigenvalue weighted by Crippen LogP contribution is 2.37. The van der Waals surface area contributed by atoms with Gasteiger partial charge in [0.2, 0.25) is 0 Å². The molecule has 1 aliphatic heterocycles. The Morgan fingerprint density at radius 1 is 1.23 bits per heavy atom. The first-order valence-corrected chi connectivity index (χ1v) is 13.1. The van der Waals surface area contributed by atoms with E-state index in [0.717, 1.165) is 10.9 Å². The first-order valence-electron chi connectivity index (χ1n) is 9.44. The zero-order chi connectivity index (χ0) is 19.8. The predicted octanol–water partition coefficient (Wildman–Crippen LogP) is 2.98. The third-order valence-corrected chi connectivity index (χ3v) is 7.12. The fourth-order valence-electron chi connectivity index (χ4n) is 3.39. The van der Waals surface area contributed by atoms with Gasteiger partial charge < -0.3 is 14.7 Å². The summed E-state index contributed by atoms with van der Waals surface area (Å²) in [5.41, 5.74) is -2.64. The molecule has 6 nitrogen and oxygen atoms in total. The standard InChI is InChI=1S/C18H33FN2O4Si/c1-17(2)15(23)20(13-25-10-11-26(3,4)5)16(24)21(17)12-18(19)8-6-14(22)7-9-18/h14,22H,6-13H2,1-5H3. The van der Waals surface area contributed by atoms with Crippen LogP contribution in [0.3, 0.4) is 0 Å². The SMILES string of the molecule is CC1(C)C(=O)N(COCC[Si](C)(C)C)C(=O)N1CC1(F)CCC(O)CC1. The van der Waals surface area contributed by atoms with Crippen LogP contribution in [0.4, 0.5) is 9.18 Å². The fourth-order valence-corrected chi connectivity index (χ4v) is 4.15. The molecule has 0 spiro atoms. The molecule has 0 aromatic rings. The van der Waals surface area contributed by atoms with Gasteiger partial charge in [0, 0.05) is 14.7 Å². The smallest absolute Gasteiger partial charge is 0.329 e. The molecule has 3 amide bonds. The lowest BCUT2D eigenvalue weighted by atomic mass is 9.84. The molecule has 150 valence electrons. The Balaban J connectivity index is 2.00. The molecule has 2 aliphatic rings. The van der Waals surface area contributed by atoms with E-state index >= 15 is 4.39 Å². The van der Waals surface area contributed by atoms with Crippen molar-refractivity contribution in [2.75, 3.05) is 19.9 Å². The fraction of sp³-hybridized carbons (Fsp3) is 0.889. The largest absolute Gasteiger partial charge is 0.393 e. The van der Waals surface area contributed by atoms with Crippen molar-refractivity contribution in [2.24, 2.45) is 0 Å². The second-order valence-electron chi connectivity index (χ2n) is 9.39. The molecule has 0 radical (unpaired) electrons. The van der Waals surface area contributed by atoms with Crippen LogP contribution in [0.25, 0.3) is 0 Å². The van der Waals surface area contributed by atoms with Crippen molar-refractivity contribution in [3.63, 3.8) is 0 Å². The van der Waals surface area contributed by atoms with Crippen molar-refractivity contribution in [1.82, 2.24) is 9.80 Å². The summed E-state index contributed by atoms with van der Waals surface area (Å²) >= 11 is 0. The minimum atomic E-state index is -1.55. The summed E-state index contributed by atoms with van der Waals surface area (Å²) < 4.78 is 20.7. The molecule has 1 saturated carbocycles. The van der Waals surface area contributed by atoms with Crippen LogP contribution in [0.15, 0.2) is 0 Å². The van der Waals surface area contributed by atoms with E-state index in [9.17, 15) is 14.7 Å². The van der Waals surface area contributed by atoms with Gasteiger partial charge in [-0.2, -0.15) is 0 Å². The topological polar surface area (TPSA) is 70.1 Å². The average molecular weight is 389 g/mol. The van der Waals surface area contributed by atoms with Crippen LogP contribution in [-0.2, 0) is 9.53 Å². The number of rotatable bonds is 7. The van der Waals surface area contributed by atoms with E-state index in [0.29, 0.717) is 19.4 Å². The van der Waals surface area contributed by atoms with Gasteiger partial charge in [-0.05, 0) is 45.6 Å². The number of carbonyl (C=O) groups excluding carboxylic acids is 2. The Morgan fingerprint density at radius 3 is 2.35 bits per heavy atom. The van der Waals surface area contributed by atoms with E-state index in [-0.39, 0.29) is 32.0 Å². The number of imide groups is 1. The van der Waals surface area contributed by atoms with E-state index in [1.54, 1.807) is 13.8 Å². The van der Waals surface area contributed by atoms with Gasteiger partial charge in [-0.1, -0.05) is 19.6 Å². The Bertz CT molecular complexity index is 542. The second kappa shape index (κ2) is 7.56. The Morgan fingerprint density at radius 2 is 1.81 bits per heavy atom. The molecule has 2 rings (SSSR count). The third-order valence-electron chi connectivity index (χ3n) is 5.41. The Labute approximate surface area is 156 Å². The number of halogens is 1. The molecule has 0 aromatic carbocycles. The molecular weight excluding hydrogens is 355 g/mol. The van der Waals surface area contributed by atoms with E-state index in [1.165, 1.54) is 4.90 Å². The van der Waals surface area contributed by atoms with Gasteiger partial charge in [-0.15, -0.1) is 0 Å². The van der Waals surface area contributed by atoms with Crippen molar-refractivity contribution in [1.29, 1.82) is 0 Å². The molecule has 0 bridgehead atoms. The highest BCUT2D eigenvalue weighted by Gasteiger charge is 2.54. The lowest BCUT2D eigenvalue weighted by Crippen LogP contribution is -2.51. The van der Waals surface area contributed by atoms with Crippen molar-refractivity contribution in [2.45, 2.75) is 82.5 Å². The molecule has 8 heteroatoms. The number of urea groups is 1. The van der Waals surface area contributed by atoms with Gasteiger partial charge in [-0.25, -0.2) is 14.1 Å². The van der Waals surface area contributed by atoms with Crippen LogP contribution in [0, 0.1) is 0 Å². The zero-order valence-corrected chi connectivity index (χ0v) is 17.7. The van der Waals surface area contributed by atoms with Gasteiger partial charge in [0.15, 0.2) is 0 Å². The number of alkyl halides is 1. The van der Waals surface area contributed by atoms with Gasteiger partial charge >= 0.3 is 6.03 Å². The van der Waals surface area contributed by atoms with Crippen LogP contribution in [0.2, 0.25) is 25.7 Å². The number of carbonyl (C=O) groups is 2. The molecule has 0 atom stereocenters. The summed E-state index contributed by atoms with van der Waals surface area (Å²) in [5.74, 6) is -0.352.